The van der Waals surface area contributed by atoms with Gasteiger partial charge < -0.3 is 5.32 Å². The average Bonchev–Trinajstić information content (AvgIpc) is 2.88. The molecule has 0 aliphatic heterocycles. The largest absolute Gasteiger partial charge is 0.350 e. The smallest absolute Gasteiger partial charge is 0.269 e. The Balaban J connectivity index is 1.88. The maximum Gasteiger partial charge on any atom is 0.269 e. The minimum Gasteiger partial charge on any atom is -0.350 e. The van der Waals surface area contributed by atoms with Crippen LogP contribution in [-0.2, 0) is 16.4 Å². The molecule has 0 bridgehead atoms. The Morgan fingerprint density at radius 2 is 2.10 bits per heavy atom. The van der Waals surface area contributed by atoms with Gasteiger partial charge in [-0.1, -0.05) is 6.07 Å². The molecule has 20 heavy (non-hydrogen) atoms. The Bertz CT molecular complexity index is 696. The van der Waals surface area contributed by atoms with Gasteiger partial charge in [-0.05, 0) is 30.7 Å². The van der Waals surface area contributed by atoms with Crippen LogP contribution in [0.1, 0.15) is 15.4 Å². The lowest BCUT2D eigenvalue weighted by molar-refractivity contribution is 0.0949. The van der Waals surface area contributed by atoms with Crippen LogP contribution in [0.2, 0.25) is 0 Å². The van der Waals surface area contributed by atoms with Crippen molar-refractivity contribution in [1.82, 2.24) is 10.3 Å². The first kappa shape index (κ1) is 14.6. The summed E-state index contributed by atoms with van der Waals surface area (Å²) in [5, 5.41) is 7.75. The Kier molecular flexibility index (Phi) is 4.48. The molecule has 2 aromatic rings. The van der Waals surface area contributed by atoms with Gasteiger partial charge in [0.15, 0.2) is 0 Å². The van der Waals surface area contributed by atoms with Gasteiger partial charge in [-0.3, -0.25) is 9.78 Å². The number of nitrogens with two attached hydrogens (primary N) is 1. The van der Waals surface area contributed by atoms with Crippen LogP contribution in [0.3, 0.4) is 0 Å². The van der Waals surface area contributed by atoms with Crippen molar-refractivity contribution in [2.24, 2.45) is 5.14 Å². The van der Waals surface area contributed by atoms with Crippen LogP contribution in [0, 0.1) is 0 Å². The van der Waals surface area contributed by atoms with Crippen molar-refractivity contribution in [3.05, 3.63) is 47.1 Å². The van der Waals surface area contributed by atoms with Gasteiger partial charge >= 0.3 is 0 Å². The maximum absolute atomic E-state index is 11.7. The molecule has 0 radical (unpaired) electrons. The highest BCUT2D eigenvalue weighted by Gasteiger charge is 2.11. The highest BCUT2D eigenvalue weighted by molar-refractivity contribution is 7.91. The molecule has 0 saturated carbocycles. The number of carbonyl (C=O) groups excluding carboxylic acids is 1. The molecule has 0 fully saturated rings. The second kappa shape index (κ2) is 6.12. The average molecular weight is 311 g/mol. The van der Waals surface area contributed by atoms with Gasteiger partial charge in [0.2, 0.25) is 10.0 Å². The molecule has 3 N–H and O–H groups in total. The van der Waals surface area contributed by atoms with E-state index in [1.165, 1.54) is 6.07 Å². The molecule has 0 aliphatic carbocycles. The van der Waals surface area contributed by atoms with E-state index in [2.05, 4.69) is 10.3 Å². The van der Waals surface area contributed by atoms with Crippen molar-refractivity contribution in [2.45, 2.75) is 10.6 Å². The number of thiophene rings is 1. The van der Waals surface area contributed by atoms with Crippen LogP contribution in [0.25, 0.3) is 0 Å². The fourth-order valence-electron chi connectivity index (χ4n) is 1.53. The van der Waals surface area contributed by atoms with Crippen molar-refractivity contribution in [1.29, 1.82) is 0 Å². The highest BCUT2D eigenvalue weighted by atomic mass is 32.2. The van der Waals surface area contributed by atoms with Gasteiger partial charge in [-0.2, -0.15) is 0 Å². The summed E-state index contributed by atoms with van der Waals surface area (Å²) in [6, 6.07) is 8.25. The summed E-state index contributed by atoms with van der Waals surface area (Å²) in [6.45, 7) is 0.403. The van der Waals surface area contributed by atoms with E-state index in [0.29, 0.717) is 18.7 Å². The van der Waals surface area contributed by atoms with Gasteiger partial charge in [-0.15, -0.1) is 11.3 Å². The van der Waals surface area contributed by atoms with E-state index in [-0.39, 0.29) is 10.1 Å². The summed E-state index contributed by atoms with van der Waals surface area (Å²) in [5.41, 5.74) is 0.351. The third-order valence-electron chi connectivity index (χ3n) is 2.47. The Morgan fingerprint density at radius 1 is 1.30 bits per heavy atom. The molecular formula is C12H13N3O3S2. The van der Waals surface area contributed by atoms with Crippen LogP contribution < -0.4 is 10.5 Å². The van der Waals surface area contributed by atoms with E-state index in [1.807, 2.05) is 0 Å². The van der Waals surface area contributed by atoms with Crippen LogP contribution in [-0.4, -0.2) is 25.9 Å². The normalized spacial score (nSPS) is 11.2. The Labute approximate surface area is 120 Å². The van der Waals surface area contributed by atoms with E-state index in [4.69, 9.17) is 5.14 Å². The summed E-state index contributed by atoms with van der Waals surface area (Å²) in [5.74, 6) is -0.256. The van der Waals surface area contributed by atoms with Gasteiger partial charge in [0.05, 0.1) is 0 Å². The number of primary sulfonamides is 1. The predicted molar refractivity (Wildman–Crippen MR) is 76.0 cm³/mol. The van der Waals surface area contributed by atoms with E-state index in [0.717, 1.165) is 16.2 Å². The number of hydrogen-bond acceptors (Lipinski definition) is 5. The molecule has 2 heterocycles. The zero-order valence-electron chi connectivity index (χ0n) is 10.4. The van der Waals surface area contributed by atoms with Gasteiger partial charge in [0.1, 0.15) is 9.90 Å². The van der Waals surface area contributed by atoms with Crippen molar-refractivity contribution in [3.63, 3.8) is 0 Å². The van der Waals surface area contributed by atoms with Gasteiger partial charge in [-0.25, -0.2) is 13.6 Å². The number of nitrogens with zero attached hydrogens (tertiary/aromatic N) is 1. The third kappa shape index (κ3) is 3.86. The molecule has 0 aliphatic rings. The van der Waals surface area contributed by atoms with Crippen molar-refractivity contribution in [2.75, 3.05) is 6.54 Å². The number of hydrogen-bond donors (Lipinski definition) is 2. The molecule has 8 heteroatoms. The fraction of sp³-hybridized carbons (Fsp3) is 0.167. The summed E-state index contributed by atoms with van der Waals surface area (Å²) in [4.78, 5) is 16.5. The number of nitrogens with one attached hydrogen (secondary N) is 1. The minimum absolute atomic E-state index is 0.128. The lowest BCUT2D eigenvalue weighted by atomic mass is 10.3. The first-order valence-corrected chi connectivity index (χ1v) is 8.14. The summed E-state index contributed by atoms with van der Waals surface area (Å²) < 4.78 is 22.4. The summed E-state index contributed by atoms with van der Waals surface area (Å²) in [6.07, 6.45) is 2.09. The number of aromatic nitrogens is 1. The molecule has 2 aromatic heterocycles. The van der Waals surface area contributed by atoms with Crippen molar-refractivity contribution < 1.29 is 13.2 Å². The monoisotopic (exact) mass is 311 g/mol. The van der Waals surface area contributed by atoms with E-state index < -0.39 is 10.0 Å². The number of rotatable bonds is 5. The molecule has 6 nitrogen and oxygen atoms in total. The van der Waals surface area contributed by atoms with Crippen molar-refractivity contribution >= 4 is 27.3 Å². The number of carbonyl (C=O) groups is 1. The first-order valence-electron chi connectivity index (χ1n) is 5.77. The predicted octanol–water partition coefficient (Wildman–Crippen LogP) is 0.763. The lowest BCUT2D eigenvalue weighted by Crippen LogP contribution is -2.26. The van der Waals surface area contributed by atoms with Gasteiger partial charge in [0, 0.05) is 17.6 Å². The van der Waals surface area contributed by atoms with Gasteiger partial charge in [0.25, 0.3) is 5.91 Å². The number of sulfonamides is 1. The van der Waals surface area contributed by atoms with Crippen LogP contribution in [0.4, 0.5) is 0 Å². The zero-order valence-corrected chi connectivity index (χ0v) is 12.1. The molecule has 0 saturated heterocycles. The minimum atomic E-state index is -3.65. The second-order valence-corrected chi connectivity index (χ2v) is 6.94. The van der Waals surface area contributed by atoms with E-state index in [9.17, 15) is 13.2 Å². The first-order chi connectivity index (χ1) is 9.47. The molecule has 0 spiro atoms. The fourth-order valence-corrected chi connectivity index (χ4v) is 3.31. The van der Waals surface area contributed by atoms with Crippen LogP contribution in [0.15, 0.2) is 40.7 Å². The van der Waals surface area contributed by atoms with Crippen LogP contribution >= 0.6 is 11.3 Å². The maximum atomic E-state index is 11.7. The standard InChI is InChI=1S/C12H13N3O3S2/c13-20(17,18)11-5-4-9(19-11)6-8-15-12(16)10-3-1-2-7-14-10/h1-5,7H,6,8H2,(H,15,16)(H2,13,17,18). The summed E-state index contributed by atoms with van der Waals surface area (Å²) >= 11 is 1.11. The van der Waals surface area contributed by atoms with E-state index in [1.54, 1.807) is 30.5 Å². The van der Waals surface area contributed by atoms with Crippen molar-refractivity contribution in [3.8, 4) is 0 Å². The number of amides is 1. The second-order valence-electron chi connectivity index (χ2n) is 3.99. The molecule has 0 aromatic carbocycles. The number of pyridine rings is 1. The van der Waals surface area contributed by atoms with E-state index >= 15 is 0 Å². The topological polar surface area (TPSA) is 102 Å². The third-order valence-corrected chi connectivity index (χ3v) is 5.06. The molecule has 0 atom stereocenters. The lowest BCUT2D eigenvalue weighted by Gasteiger charge is -2.03. The summed E-state index contributed by atoms with van der Waals surface area (Å²) in [7, 11) is -3.65. The molecular weight excluding hydrogens is 298 g/mol. The zero-order chi connectivity index (χ0) is 14.6. The quantitative estimate of drug-likeness (QED) is 0.851. The van der Waals surface area contributed by atoms with Crippen LogP contribution in [0.5, 0.6) is 0 Å². The highest BCUT2D eigenvalue weighted by Crippen LogP contribution is 2.20. The molecule has 1 amide bonds. The Morgan fingerprint density at radius 3 is 2.70 bits per heavy atom. The molecule has 0 unspecified atom stereocenters. The Hall–Kier alpha value is -1.77. The molecule has 106 valence electrons. The molecule has 2 rings (SSSR count). The SMILES string of the molecule is NS(=O)(=O)c1ccc(CCNC(=O)c2ccccn2)s1.